The minimum Gasteiger partial charge on any atom is -0.475 e. The van der Waals surface area contributed by atoms with Crippen molar-refractivity contribution in [1.82, 2.24) is 0 Å². The monoisotopic (exact) mass is 237 g/mol. The molecule has 0 saturated heterocycles. The molecule has 0 saturated carbocycles. The molecule has 2 nitrogen and oxygen atoms in total. The van der Waals surface area contributed by atoms with E-state index >= 15 is 0 Å². The normalized spacial score (nSPS) is 11.6. The first-order valence-corrected chi connectivity index (χ1v) is 5.93. The maximum absolute atomic E-state index is 8.84. The van der Waals surface area contributed by atoms with Gasteiger partial charge < -0.3 is 4.74 Å². The zero-order chi connectivity index (χ0) is 13.0. The summed E-state index contributed by atoms with van der Waals surface area (Å²) in [5.74, 6) is 0.751. The van der Waals surface area contributed by atoms with Crippen LogP contribution in [-0.4, -0.2) is 6.10 Å². The number of hydrogen-bond donors (Lipinski definition) is 0. The van der Waals surface area contributed by atoms with Gasteiger partial charge >= 0.3 is 0 Å². The Hall–Kier alpha value is -2.27. The molecule has 0 aliphatic carbocycles. The van der Waals surface area contributed by atoms with Gasteiger partial charge in [-0.3, -0.25) is 0 Å². The van der Waals surface area contributed by atoms with Crippen molar-refractivity contribution in [1.29, 1.82) is 5.26 Å². The van der Waals surface area contributed by atoms with Gasteiger partial charge in [0.1, 0.15) is 11.8 Å². The maximum atomic E-state index is 8.84. The molecule has 1 atom stereocenters. The number of nitrogens with zero attached hydrogens (tertiary/aromatic N) is 1. The summed E-state index contributed by atoms with van der Waals surface area (Å²) < 4.78 is 5.64. The standard InChI is InChI=1S/C16H15NO/c1-12-7-3-4-8-14(12)15-9-5-6-10-16(15)18-13(2)11-17/h3-10,13H,1-2H3/t13-/m1/s1. The fourth-order valence-corrected chi connectivity index (χ4v) is 1.88. The van der Waals surface area contributed by atoms with Crippen molar-refractivity contribution in [2.75, 3.05) is 0 Å². The topological polar surface area (TPSA) is 33.0 Å². The Morgan fingerprint density at radius 3 is 2.28 bits per heavy atom. The Morgan fingerprint density at radius 2 is 1.61 bits per heavy atom. The highest BCUT2D eigenvalue weighted by molar-refractivity contribution is 5.73. The molecule has 0 bridgehead atoms. The van der Waals surface area contributed by atoms with E-state index < -0.39 is 6.10 Å². The highest BCUT2D eigenvalue weighted by Gasteiger charge is 2.10. The summed E-state index contributed by atoms with van der Waals surface area (Å²) in [4.78, 5) is 0. The van der Waals surface area contributed by atoms with E-state index in [4.69, 9.17) is 10.00 Å². The van der Waals surface area contributed by atoms with E-state index in [9.17, 15) is 0 Å². The molecule has 18 heavy (non-hydrogen) atoms. The van der Waals surface area contributed by atoms with Crippen molar-refractivity contribution < 1.29 is 4.74 Å². The van der Waals surface area contributed by atoms with Gasteiger partial charge in [0.25, 0.3) is 0 Å². The third-order valence-electron chi connectivity index (χ3n) is 2.81. The lowest BCUT2D eigenvalue weighted by Crippen LogP contribution is -2.08. The average molecular weight is 237 g/mol. The number of para-hydroxylation sites is 1. The number of aryl methyl sites for hydroxylation is 1. The van der Waals surface area contributed by atoms with Gasteiger partial charge in [0, 0.05) is 5.56 Å². The number of hydrogen-bond acceptors (Lipinski definition) is 2. The van der Waals surface area contributed by atoms with E-state index in [-0.39, 0.29) is 0 Å². The Kier molecular flexibility index (Phi) is 3.64. The van der Waals surface area contributed by atoms with Crippen LogP contribution in [0.3, 0.4) is 0 Å². The van der Waals surface area contributed by atoms with Gasteiger partial charge in [0.2, 0.25) is 0 Å². The van der Waals surface area contributed by atoms with Gasteiger partial charge in [-0.1, -0.05) is 42.5 Å². The lowest BCUT2D eigenvalue weighted by Gasteiger charge is -2.14. The molecular weight excluding hydrogens is 222 g/mol. The molecule has 90 valence electrons. The summed E-state index contributed by atoms with van der Waals surface area (Å²) in [7, 11) is 0. The first-order chi connectivity index (χ1) is 8.72. The van der Waals surface area contributed by atoms with E-state index in [2.05, 4.69) is 25.1 Å². The Bertz CT molecular complexity index is 584. The minimum atomic E-state index is -0.449. The van der Waals surface area contributed by atoms with E-state index in [0.29, 0.717) is 0 Å². The summed E-state index contributed by atoms with van der Waals surface area (Å²) in [6.45, 7) is 3.81. The fourth-order valence-electron chi connectivity index (χ4n) is 1.88. The second-order valence-electron chi connectivity index (χ2n) is 4.20. The van der Waals surface area contributed by atoms with Gasteiger partial charge in [-0.2, -0.15) is 5.26 Å². The van der Waals surface area contributed by atoms with Crippen LogP contribution in [0.2, 0.25) is 0 Å². The molecule has 2 heteroatoms. The summed E-state index contributed by atoms with van der Waals surface area (Å²) in [5.41, 5.74) is 3.36. The predicted molar refractivity (Wildman–Crippen MR) is 72.3 cm³/mol. The minimum absolute atomic E-state index is 0.449. The maximum Gasteiger partial charge on any atom is 0.181 e. The molecule has 0 heterocycles. The first kappa shape index (κ1) is 12.2. The summed E-state index contributed by atoms with van der Waals surface area (Å²) in [5, 5.41) is 8.84. The van der Waals surface area contributed by atoms with E-state index in [1.54, 1.807) is 6.92 Å². The van der Waals surface area contributed by atoms with Crippen molar-refractivity contribution >= 4 is 0 Å². The summed E-state index contributed by atoms with van der Waals surface area (Å²) in [6, 6.07) is 18.0. The highest BCUT2D eigenvalue weighted by Crippen LogP contribution is 2.32. The van der Waals surface area contributed by atoms with E-state index in [1.807, 2.05) is 36.4 Å². The van der Waals surface area contributed by atoms with Gasteiger partial charge in [-0.05, 0) is 31.0 Å². The van der Waals surface area contributed by atoms with Crippen LogP contribution in [0.4, 0.5) is 0 Å². The smallest absolute Gasteiger partial charge is 0.181 e. The highest BCUT2D eigenvalue weighted by atomic mass is 16.5. The molecular formula is C16H15NO. The van der Waals surface area contributed by atoms with Crippen molar-refractivity contribution in [3.05, 3.63) is 54.1 Å². The number of ether oxygens (including phenoxy) is 1. The third kappa shape index (κ3) is 2.52. The lowest BCUT2D eigenvalue weighted by molar-refractivity contribution is 0.277. The largest absolute Gasteiger partial charge is 0.475 e. The molecule has 0 aromatic heterocycles. The predicted octanol–water partition coefficient (Wildman–Crippen LogP) is 3.95. The van der Waals surface area contributed by atoms with Gasteiger partial charge in [0.05, 0.1) is 0 Å². The third-order valence-corrected chi connectivity index (χ3v) is 2.81. The van der Waals surface area contributed by atoms with E-state index in [0.717, 1.165) is 16.9 Å². The summed E-state index contributed by atoms with van der Waals surface area (Å²) in [6.07, 6.45) is -0.449. The number of benzene rings is 2. The Morgan fingerprint density at radius 1 is 1.00 bits per heavy atom. The van der Waals surface area contributed by atoms with Crippen LogP contribution in [0.1, 0.15) is 12.5 Å². The van der Waals surface area contributed by atoms with Crippen LogP contribution in [-0.2, 0) is 0 Å². The van der Waals surface area contributed by atoms with Crippen LogP contribution in [0.5, 0.6) is 5.75 Å². The number of rotatable bonds is 3. The summed E-state index contributed by atoms with van der Waals surface area (Å²) >= 11 is 0. The molecule has 2 aromatic carbocycles. The molecule has 0 fully saturated rings. The van der Waals surface area contributed by atoms with Crippen molar-refractivity contribution in [2.45, 2.75) is 20.0 Å². The molecule has 2 rings (SSSR count). The molecule has 0 amide bonds. The molecule has 0 unspecified atom stereocenters. The van der Waals surface area contributed by atoms with Crippen LogP contribution in [0, 0.1) is 18.3 Å². The van der Waals surface area contributed by atoms with Gasteiger partial charge in [-0.25, -0.2) is 0 Å². The number of nitriles is 1. The second-order valence-corrected chi connectivity index (χ2v) is 4.20. The Labute approximate surface area is 107 Å². The lowest BCUT2D eigenvalue weighted by atomic mass is 10.00. The Balaban J connectivity index is 2.46. The first-order valence-electron chi connectivity index (χ1n) is 5.93. The van der Waals surface area contributed by atoms with Gasteiger partial charge in [0.15, 0.2) is 6.10 Å². The second kappa shape index (κ2) is 5.37. The van der Waals surface area contributed by atoms with Crippen molar-refractivity contribution in [3.8, 4) is 22.9 Å². The van der Waals surface area contributed by atoms with E-state index in [1.165, 1.54) is 5.56 Å². The fraction of sp³-hybridized carbons (Fsp3) is 0.188. The zero-order valence-corrected chi connectivity index (χ0v) is 10.6. The molecule has 0 aliphatic rings. The quantitative estimate of drug-likeness (QED) is 0.809. The van der Waals surface area contributed by atoms with Crippen LogP contribution in [0.25, 0.3) is 11.1 Å². The van der Waals surface area contributed by atoms with Crippen LogP contribution >= 0.6 is 0 Å². The SMILES string of the molecule is Cc1ccccc1-c1ccccc1O[C@H](C)C#N. The molecule has 0 radical (unpaired) electrons. The average Bonchev–Trinajstić information content (AvgIpc) is 2.40. The van der Waals surface area contributed by atoms with Gasteiger partial charge in [-0.15, -0.1) is 0 Å². The van der Waals surface area contributed by atoms with Crippen LogP contribution < -0.4 is 4.74 Å². The van der Waals surface area contributed by atoms with Crippen molar-refractivity contribution in [2.24, 2.45) is 0 Å². The van der Waals surface area contributed by atoms with Crippen molar-refractivity contribution in [3.63, 3.8) is 0 Å². The van der Waals surface area contributed by atoms with Crippen LogP contribution in [0.15, 0.2) is 48.5 Å². The molecule has 0 spiro atoms. The molecule has 2 aromatic rings. The molecule has 0 aliphatic heterocycles. The molecule has 0 N–H and O–H groups in total. The zero-order valence-electron chi connectivity index (χ0n) is 10.6.